The van der Waals surface area contributed by atoms with Crippen LogP contribution in [0, 0.1) is 17.3 Å². The second-order valence-electron chi connectivity index (χ2n) is 6.98. The van der Waals surface area contributed by atoms with Gasteiger partial charge in [0.25, 0.3) is 0 Å². The Morgan fingerprint density at radius 3 is 2.62 bits per heavy atom. The Bertz CT molecular complexity index is 538. The lowest BCUT2D eigenvalue weighted by atomic mass is 9.74. The number of hydrogen-bond donors (Lipinski definition) is 1. The van der Waals surface area contributed by atoms with Crippen LogP contribution in [0.3, 0.4) is 0 Å². The number of carbonyl (C=O) groups is 1. The molecule has 2 nitrogen and oxygen atoms in total. The van der Waals surface area contributed by atoms with Crippen LogP contribution in [0.15, 0.2) is 22.7 Å². The van der Waals surface area contributed by atoms with Gasteiger partial charge in [0.2, 0.25) is 0 Å². The van der Waals surface area contributed by atoms with Gasteiger partial charge in [0.15, 0.2) is 5.78 Å². The normalized spacial score (nSPS) is 24.2. The Kier molecular flexibility index (Phi) is 4.94. The van der Waals surface area contributed by atoms with Gasteiger partial charge in [-0.3, -0.25) is 4.79 Å². The van der Waals surface area contributed by atoms with Crippen LogP contribution in [0.5, 0.6) is 0 Å². The second-order valence-corrected chi connectivity index (χ2v) is 7.89. The van der Waals surface area contributed by atoms with Crippen molar-refractivity contribution in [3.63, 3.8) is 0 Å². The minimum atomic E-state index is -0.375. The molecule has 1 aliphatic rings. The minimum Gasteiger partial charge on any atom is -0.393 e. The Labute approximate surface area is 136 Å². The molecule has 1 N–H and O–H groups in total. The molecule has 0 radical (unpaired) electrons. The molecule has 0 bridgehead atoms. The number of Topliss-reactive ketones (excluding diaryl/α,β-unsaturated/α-hetero) is 1. The maximum atomic E-state index is 12.8. The van der Waals surface area contributed by atoms with E-state index in [-0.39, 0.29) is 29.1 Å². The van der Waals surface area contributed by atoms with Crippen LogP contribution in [0.25, 0.3) is 0 Å². The van der Waals surface area contributed by atoms with Crippen molar-refractivity contribution in [2.45, 2.75) is 53.1 Å². The highest BCUT2D eigenvalue weighted by atomic mass is 79.9. The number of fused-ring (bicyclic) bond motifs is 1. The molecule has 0 amide bonds. The van der Waals surface area contributed by atoms with Gasteiger partial charge >= 0.3 is 0 Å². The highest BCUT2D eigenvalue weighted by Gasteiger charge is 2.43. The van der Waals surface area contributed by atoms with E-state index in [1.165, 1.54) is 0 Å². The first kappa shape index (κ1) is 16.7. The van der Waals surface area contributed by atoms with Crippen molar-refractivity contribution in [3.8, 4) is 0 Å². The summed E-state index contributed by atoms with van der Waals surface area (Å²) in [5.41, 5.74) is 1.61. The van der Waals surface area contributed by atoms with Gasteiger partial charge < -0.3 is 5.11 Å². The molecule has 0 unspecified atom stereocenters. The molecule has 0 fully saturated rings. The summed E-state index contributed by atoms with van der Waals surface area (Å²) in [6, 6.07) is 5.98. The van der Waals surface area contributed by atoms with Crippen LogP contribution in [-0.2, 0) is 6.42 Å². The third kappa shape index (κ3) is 3.24. The molecule has 0 aromatic heterocycles. The van der Waals surface area contributed by atoms with Gasteiger partial charge in [-0.25, -0.2) is 0 Å². The fraction of sp³-hybridized carbons (Fsp3) is 0.611. The SMILES string of the molecule is CC[C@H](C[C@]1(C)Cc2ccc(Br)cc2C1=O)[C@H](O)C(C)C. The first-order valence-corrected chi connectivity index (χ1v) is 8.59. The molecule has 3 atom stereocenters. The summed E-state index contributed by atoms with van der Waals surface area (Å²) in [4.78, 5) is 12.8. The molecular formula is C18H25BrO2. The van der Waals surface area contributed by atoms with E-state index in [1.54, 1.807) is 0 Å². The number of halogens is 1. The lowest BCUT2D eigenvalue weighted by Crippen LogP contribution is -2.34. The molecule has 0 saturated carbocycles. The van der Waals surface area contributed by atoms with Crippen molar-refractivity contribution in [1.29, 1.82) is 0 Å². The predicted octanol–water partition coefficient (Wildman–Crippen LogP) is 4.63. The number of aliphatic hydroxyl groups excluding tert-OH is 1. The van der Waals surface area contributed by atoms with Gasteiger partial charge in [-0.15, -0.1) is 0 Å². The zero-order chi connectivity index (χ0) is 15.8. The van der Waals surface area contributed by atoms with Gasteiger partial charge in [-0.05, 0) is 42.4 Å². The standard InChI is InChI=1S/C18H25BrO2/c1-5-12(16(20)11(2)3)9-18(4)10-13-6-7-14(19)8-15(13)17(18)21/h6-8,11-12,16,20H,5,9-10H2,1-4H3/t12-,16-,18-/m1/s1. The van der Waals surface area contributed by atoms with Crippen LogP contribution in [0.1, 0.15) is 56.5 Å². The molecule has 3 heteroatoms. The van der Waals surface area contributed by atoms with Crippen molar-refractivity contribution in [2.75, 3.05) is 0 Å². The fourth-order valence-corrected chi connectivity index (χ4v) is 3.90. The Balaban J connectivity index is 2.23. The minimum absolute atomic E-state index is 0.178. The van der Waals surface area contributed by atoms with Crippen LogP contribution in [0.4, 0.5) is 0 Å². The van der Waals surface area contributed by atoms with Crippen molar-refractivity contribution in [2.24, 2.45) is 17.3 Å². The molecule has 1 aromatic carbocycles. The van der Waals surface area contributed by atoms with E-state index in [4.69, 9.17) is 0 Å². The quantitative estimate of drug-likeness (QED) is 0.838. The smallest absolute Gasteiger partial charge is 0.169 e. The average Bonchev–Trinajstić information content (AvgIpc) is 2.68. The molecule has 2 rings (SSSR count). The van der Waals surface area contributed by atoms with Crippen LogP contribution >= 0.6 is 15.9 Å². The molecule has 116 valence electrons. The predicted molar refractivity (Wildman–Crippen MR) is 89.5 cm³/mol. The maximum Gasteiger partial charge on any atom is 0.169 e. The molecule has 21 heavy (non-hydrogen) atoms. The van der Waals surface area contributed by atoms with E-state index in [2.05, 4.69) is 29.8 Å². The third-order valence-corrected chi connectivity index (χ3v) is 5.34. The van der Waals surface area contributed by atoms with E-state index in [9.17, 15) is 9.90 Å². The van der Waals surface area contributed by atoms with Gasteiger partial charge in [0.05, 0.1) is 6.10 Å². The number of benzene rings is 1. The van der Waals surface area contributed by atoms with Gasteiger partial charge in [0, 0.05) is 15.5 Å². The Hall–Kier alpha value is -0.670. The highest BCUT2D eigenvalue weighted by molar-refractivity contribution is 9.10. The molecule has 1 aliphatic carbocycles. The van der Waals surface area contributed by atoms with Crippen molar-refractivity contribution in [1.82, 2.24) is 0 Å². The van der Waals surface area contributed by atoms with E-state index in [1.807, 2.05) is 32.0 Å². The number of carbonyl (C=O) groups excluding carboxylic acids is 1. The highest BCUT2D eigenvalue weighted by Crippen LogP contribution is 2.43. The van der Waals surface area contributed by atoms with Gasteiger partial charge in [-0.1, -0.05) is 56.1 Å². The van der Waals surface area contributed by atoms with E-state index < -0.39 is 0 Å². The molecule has 0 saturated heterocycles. The first-order valence-electron chi connectivity index (χ1n) is 7.79. The molecule has 0 aliphatic heterocycles. The largest absolute Gasteiger partial charge is 0.393 e. The van der Waals surface area contributed by atoms with Crippen molar-refractivity contribution >= 4 is 21.7 Å². The van der Waals surface area contributed by atoms with E-state index in [0.29, 0.717) is 0 Å². The molecule has 1 aromatic rings. The Morgan fingerprint density at radius 2 is 2.05 bits per heavy atom. The van der Waals surface area contributed by atoms with E-state index in [0.717, 1.165) is 34.9 Å². The monoisotopic (exact) mass is 352 g/mol. The summed E-state index contributed by atoms with van der Waals surface area (Å²) in [7, 11) is 0. The number of rotatable bonds is 5. The van der Waals surface area contributed by atoms with Gasteiger partial charge in [-0.2, -0.15) is 0 Å². The summed E-state index contributed by atoms with van der Waals surface area (Å²) in [5, 5.41) is 10.4. The zero-order valence-corrected chi connectivity index (χ0v) is 14.9. The first-order chi connectivity index (χ1) is 9.78. The molecule has 0 spiro atoms. The molecule has 0 heterocycles. The van der Waals surface area contributed by atoms with E-state index >= 15 is 0 Å². The number of ketones is 1. The fourth-order valence-electron chi connectivity index (χ4n) is 3.53. The van der Waals surface area contributed by atoms with Crippen molar-refractivity contribution in [3.05, 3.63) is 33.8 Å². The van der Waals surface area contributed by atoms with Crippen molar-refractivity contribution < 1.29 is 9.90 Å². The summed E-state index contributed by atoms with van der Waals surface area (Å²) in [6.45, 7) is 8.23. The Morgan fingerprint density at radius 1 is 1.38 bits per heavy atom. The number of hydrogen-bond acceptors (Lipinski definition) is 2. The lowest BCUT2D eigenvalue weighted by Gasteiger charge is -2.32. The molecular weight excluding hydrogens is 328 g/mol. The van der Waals surface area contributed by atoms with Crippen LogP contribution < -0.4 is 0 Å². The summed E-state index contributed by atoms with van der Waals surface area (Å²) in [5.74, 6) is 0.636. The lowest BCUT2D eigenvalue weighted by molar-refractivity contribution is 0.0361. The second kappa shape index (κ2) is 6.21. The average molecular weight is 353 g/mol. The third-order valence-electron chi connectivity index (χ3n) is 4.85. The summed E-state index contributed by atoms with van der Waals surface area (Å²) in [6.07, 6.45) is 2.11. The number of aliphatic hydroxyl groups is 1. The summed E-state index contributed by atoms with van der Waals surface area (Å²) >= 11 is 3.44. The maximum absolute atomic E-state index is 12.8. The topological polar surface area (TPSA) is 37.3 Å². The summed E-state index contributed by atoms with van der Waals surface area (Å²) < 4.78 is 0.952. The van der Waals surface area contributed by atoms with Crippen LogP contribution in [0.2, 0.25) is 0 Å². The zero-order valence-electron chi connectivity index (χ0n) is 13.3. The van der Waals surface area contributed by atoms with Gasteiger partial charge in [0.1, 0.15) is 0 Å². The van der Waals surface area contributed by atoms with Crippen LogP contribution in [-0.4, -0.2) is 17.0 Å².